The minimum Gasteiger partial charge on any atom is -0.387 e. The summed E-state index contributed by atoms with van der Waals surface area (Å²) < 4.78 is 5.59. The summed E-state index contributed by atoms with van der Waals surface area (Å²) in [6.07, 6.45) is 0.806. The molecule has 0 amide bonds. The summed E-state index contributed by atoms with van der Waals surface area (Å²) in [6.45, 7) is 6.52. The van der Waals surface area contributed by atoms with Gasteiger partial charge in [-0.3, -0.25) is 0 Å². The van der Waals surface area contributed by atoms with Gasteiger partial charge in [0.05, 0.1) is 17.9 Å². The molecule has 2 atom stereocenters. The van der Waals surface area contributed by atoms with E-state index in [0.29, 0.717) is 0 Å². The second-order valence-electron chi connectivity index (χ2n) is 4.21. The molecule has 1 aliphatic rings. The Labute approximate surface area is 99.9 Å². The Balaban J connectivity index is 2.09. The molecule has 90 valence electrons. The van der Waals surface area contributed by atoms with E-state index >= 15 is 0 Å². The lowest BCUT2D eigenvalue weighted by Gasteiger charge is -2.20. The largest absolute Gasteiger partial charge is 0.387 e. The predicted molar refractivity (Wildman–Crippen MR) is 65.0 cm³/mol. The molecule has 0 aliphatic carbocycles. The number of aliphatic hydroxyl groups excluding tert-OH is 1. The van der Waals surface area contributed by atoms with Crippen molar-refractivity contribution in [3.8, 4) is 0 Å². The van der Waals surface area contributed by atoms with E-state index in [2.05, 4.69) is 16.8 Å². The minimum atomic E-state index is -0.481. The van der Waals surface area contributed by atoms with Gasteiger partial charge < -0.3 is 14.7 Å². The second-order valence-corrected chi connectivity index (χ2v) is 5.05. The van der Waals surface area contributed by atoms with Crippen molar-refractivity contribution in [3.63, 3.8) is 0 Å². The Morgan fingerprint density at radius 3 is 3.19 bits per heavy atom. The Morgan fingerprint density at radius 1 is 1.69 bits per heavy atom. The van der Waals surface area contributed by atoms with Crippen molar-refractivity contribution in [2.45, 2.75) is 32.5 Å². The molecule has 1 N–H and O–H groups in total. The molecule has 1 aliphatic heterocycles. The van der Waals surface area contributed by atoms with E-state index in [1.165, 1.54) is 0 Å². The highest BCUT2D eigenvalue weighted by Crippen LogP contribution is 2.25. The highest BCUT2D eigenvalue weighted by molar-refractivity contribution is 7.13. The molecule has 1 aromatic rings. The third kappa shape index (κ3) is 2.72. The molecule has 16 heavy (non-hydrogen) atoms. The molecule has 0 saturated carbocycles. The Bertz CT molecular complexity index is 340. The van der Waals surface area contributed by atoms with Crippen molar-refractivity contribution >= 4 is 16.5 Å². The number of aromatic nitrogens is 1. The van der Waals surface area contributed by atoms with Gasteiger partial charge in [-0.05, 0) is 20.3 Å². The Kier molecular flexibility index (Phi) is 3.78. The van der Waals surface area contributed by atoms with Gasteiger partial charge in [-0.15, -0.1) is 11.3 Å². The lowest BCUT2D eigenvalue weighted by Crippen LogP contribution is -2.30. The van der Waals surface area contributed by atoms with Crippen molar-refractivity contribution in [1.29, 1.82) is 0 Å². The third-order valence-electron chi connectivity index (χ3n) is 2.66. The van der Waals surface area contributed by atoms with Crippen LogP contribution < -0.4 is 4.90 Å². The maximum atomic E-state index is 9.44. The molecule has 1 saturated heterocycles. The number of nitrogens with zero attached hydrogens (tertiary/aromatic N) is 2. The Morgan fingerprint density at radius 2 is 2.50 bits per heavy atom. The summed E-state index contributed by atoms with van der Waals surface area (Å²) in [5.74, 6) is 0. The molecule has 4 nitrogen and oxygen atoms in total. The van der Waals surface area contributed by atoms with Crippen LogP contribution in [-0.2, 0) is 4.74 Å². The van der Waals surface area contributed by atoms with Crippen LogP contribution in [-0.4, -0.2) is 35.9 Å². The summed E-state index contributed by atoms with van der Waals surface area (Å²) in [5.41, 5.74) is 0.762. The Hall–Kier alpha value is -0.650. The lowest BCUT2D eigenvalue weighted by atomic mass is 10.3. The van der Waals surface area contributed by atoms with Crippen LogP contribution >= 0.6 is 11.3 Å². The van der Waals surface area contributed by atoms with Gasteiger partial charge in [0.15, 0.2) is 5.13 Å². The molecule has 0 aromatic carbocycles. The van der Waals surface area contributed by atoms with Crippen molar-refractivity contribution in [1.82, 2.24) is 4.98 Å². The number of hydrogen-bond donors (Lipinski definition) is 1. The first kappa shape index (κ1) is 11.8. The van der Waals surface area contributed by atoms with E-state index in [1.807, 2.05) is 5.38 Å². The van der Waals surface area contributed by atoms with Gasteiger partial charge in [0.1, 0.15) is 0 Å². The van der Waals surface area contributed by atoms with Crippen molar-refractivity contribution in [2.24, 2.45) is 0 Å². The topological polar surface area (TPSA) is 45.6 Å². The van der Waals surface area contributed by atoms with E-state index in [4.69, 9.17) is 4.74 Å². The van der Waals surface area contributed by atoms with E-state index in [1.54, 1.807) is 18.3 Å². The van der Waals surface area contributed by atoms with Crippen LogP contribution in [0.5, 0.6) is 0 Å². The van der Waals surface area contributed by atoms with Crippen LogP contribution in [0.4, 0.5) is 5.13 Å². The monoisotopic (exact) mass is 242 g/mol. The third-order valence-corrected chi connectivity index (χ3v) is 3.58. The highest BCUT2D eigenvalue weighted by atomic mass is 32.1. The molecule has 2 heterocycles. The summed E-state index contributed by atoms with van der Waals surface area (Å²) >= 11 is 1.59. The second kappa shape index (κ2) is 5.12. The van der Waals surface area contributed by atoms with E-state index < -0.39 is 6.10 Å². The van der Waals surface area contributed by atoms with E-state index in [0.717, 1.165) is 36.9 Å². The normalized spacial score (nSPS) is 24.2. The zero-order valence-corrected chi connectivity index (χ0v) is 10.5. The zero-order chi connectivity index (χ0) is 11.5. The van der Waals surface area contributed by atoms with Gasteiger partial charge in [-0.25, -0.2) is 4.98 Å². The average Bonchev–Trinajstić information content (AvgIpc) is 2.63. The number of hydrogen-bond acceptors (Lipinski definition) is 5. The predicted octanol–water partition coefficient (Wildman–Crippen LogP) is 1.81. The first-order valence-electron chi connectivity index (χ1n) is 5.67. The lowest BCUT2D eigenvalue weighted by molar-refractivity contribution is 0.0821. The molecule has 1 aromatic heterocycles. The van der Waals surface area contributed by atoms with Crippen LogP contribution in [0.2, 0.25) is 0 Å². The first-order valence-corrected chi connectivity index (χ1v) is 6.55. The molecule has 0 bridgehead atoms. The van der Waals surface area contributed by atoms with Gasteiger partial charge in [-0.2, -0.15) is 0 Å². The summed E-state index contributed by atoms with van der Waals surface area (Å²) in [4.78, 5) is 6.69. The first-order chi connectivity index (χ1) is 7.66. The summed E-state index contributed by atoms with van der Waals surface area (Å²) in [5, 5.41) is 12.4. The quantitative estimate of drug-likeness (QED) is 0.859. The van der Waals surface area contributed by atoms with Gasteiger partial charge in [-0.1, -0.05) is 0 Å². The number of rotatable bonds is 2. The average molecular weight is 242 g/mol. The van der Waals surface area contributed by atoms with Gasteiger partial charge in [0.25, 0.3) is 0 Å². The van der Waals surface area contributed by atoms with Crippen LogP contribution in [0.15, 0.2) is 5.38 Å². The van der Waals surface area contributed by atoms with E-state index in [-0.39, 0.29) is 6.10 Å². The summed E-state index contributed by atoms with van der Waals surface area (Å²) in [6, 6.07) is 0. The fourth-order valence-corrected chi connectivity index (χ4v) is 2.73. The molecular weight excluding hydrogens is 224 g/mol. The molecule has 2 unspecified atom stereocenters. The van der Waals surface area contributed by atoms with Gasteiger partial charge in [0, 0.05) is 25.1 Å². The molecule has 0 spiro atoms. The standard InChI is InChI=1S/C11H18N2O2S/c1-8-6-13(4-3-5-15-8)11-12-10(7-16-11)9(2)14/h7-9,14H,3-6H2,1-2H3. The maximum absolute atomic E-state index is 9.44. The van der Waals surface area contributed by atoms with Crippen molar-refractivity contribution in [2.75, 3.05) is 24.6 Å². The fraction of sp³-hybridized carbons (Fsp3) is 0.727. The fourth-order valence-electron chi connectivity index (χ4n) is 1.78. The number of thiazole rings is 1. The van der Waals surface area contributed by atoms with Crippen molar-refractivity contribution < 1.29 is 9.84 Å². The smallest absolute Gasteiger partial charge is 0.185 e. The van der Waals surface area contributed by atoms with Crippen LogP contribution in [0, 0.1) is 0 Å². The minimum absolute atomic E-state index is 0.251. The molecular formula is C11H18N2O2S. The number of anilines is 1. The van der Waals surface area contributed by atoms with Gasteiger partial charge in [0.2, 0.25) is 0 Å². The molecule has 5 heteroatoms. The van der Waals surface area contributed by atoms with Crippen LogP contribution in [0.3, 0.4) is 0 Å². The molecule has 0 radical (unpaired) electrons. The van der Waals surface area contributed by atoms with E-state index in [9.17, 15) is 5.11 Å². The number of ether oxygens (including phenoxy) is 1. The summed E-state index contributed by atoms with van der Waals surface area (Å²) in [7, 11) is 0. The molecule has 1 fully saturated rings. The highest BCUT2D eigenvalue weighted by Gasteiger charge is 2.18. The zero-order valence-electron chi connectivity index (χ0n) is 9.72. The SMILES string of the molecule is CC1CN(c2nc(C(C)O)cs2)CCCO1. The van der Waals surface area contributed by atoms with Crippen molar-refractivity contribution in [3.05, 3.63) is 11.1 Å². The van der Waals surface area contributed by atoms with Crippen LogP contribution in [0.25, 0.3) is 0 Å². The number of aliphatic hydroxyl groups is 1. The van der Waals surface area contributed by atoms with Gasteiger partial charge >= 0.3 is 0 Å². The van der Waals surface area contributed by atoms with Crippen LogP contribution in [0.1, 0.15) is 32.1 Å². The molecule has 2 rings (SSSR count). The maximum Gasteiger partial charge on any atom is 0.185 e.